The lowest BCUT2D eigenvalue weighted by Crippen LogP contribution is -2.31. The molecule has 30 heavy (non-hydrogen) atoms. The van der Waals surface area contributed by atoms with Gasteiger partial charge in [0.15, 0.2) is 18.1 Å². The molecule has 7 heteroatoms. The number of fused-ring (bicyclic) bond motifs is 1. The average Bonchev–Trinajstić information content (AvgIpc) is 3.52. The van der Waals surface area contributed by atoms with Crippen LogP contribution in [0.2, 0.25) is 0 Å². The van der Waals surface area contributed by atoms with Gasteiger partial charge in [-0.2, -0.15) is 5.10 Å². The number of hydrogen-bond acceptors (Lipinski definition) is 6. The first-order chi connectivity index (χ1) is 14.7. The summed E-state index contributed by atoms with van der Waals surface area (Å²) in [6.07, 6.45) is 2.18. The van der Waals surface area contributed by atoms with Crippen molar-refractivity contribution in [1.29, 1.82) is 0 Å². The van der Waals surface area contributed by atoms with E-state index >= 15 is 0 Å². The second-order valence-electron chi connectivity index (χ2n) is 7.19. The number of furan rings is 1. The van der Waals surface area contributed by atoms with Crippen molar-refractivity contribution in [3.63, 3.8) is 0 Å². The summed E-state index contributed by atoms with van der Waals surface area (Å²) >= 11 is 0. The van der Waals surface area contributed by atoms with Crippen LogP contribution in [0, 0.1) is 6.92 Å². The third-order valence-electron chi connectivity index (χ3n) is 5.13. The van der Waals surface area contributed by atoms with Gasteiger partial charge in [0.2, 0.25) is 6.79 Å². The smallest absolute Gasteiger partial charge is 0.281 e. The molecule has 0 fully saturated rings. The van der Waals surface area contributed by atoms with Crippen molar-refractivity contribution < 1.29 is 23.4 Å². The van der Waals surface area contributed by atoms with Crippen molar-refractivity contribution in [3.05, 3.63) is 77.7 Å². The molecule has 2 aromatic carbocycles. The largest absolute Gasteiger partial charge is 0.484 e. The molecule has 3 heterocycles. The molecule has 5 rings (SSSR count). The van der Waals surface area contributed by atoms with Gasteiger partial charge < -0.3 is 18.6 Å². The van der Waals surface area contributed by atoms with E-state index < -0.39 is 0 Å². The van der Waals surface area contributed by atoms with Gasteiger partial charge >= 0.3 is 0 Å². The highest BCUT2D eigenvalue weighted by Gasteiger charge is 2.35. The zero-order valence-corrected chi connectivity index (χ0v) is 16.4. The van der Waals surface area contributed by atoms with E-state index in [-0.39, 0.29) is 25.3 Å². The number of amides is 1. The van der Waals surface area contributed by atoms with E-state index in [9.17, 15) is 4.79 Å². The molecule has 0 saturated carbocycles. The molecule has 1 atom stereocenters. The fraction of sp³-hybridized carbons (Fsp3) is 0.217. The molecule has 3 aromatic rings. The Morgan fingerprint density at radius 2 is 1.97 bits per heavy atom. The van der Waals surface area contributed by atoms with Crippen LogP contribution < -0.4 is 14.2 Å². The molecule has 1 amide bonds. The van der Waals surface area contributed by atoms with Crippen molar-refractivity contribution in [2.75, 3.05) is 13.4 Å². The van der Waals surface area contributed by atoms with E-state index in [1.807, 2.05) is 43.3 Å². The van der Waals surface area contributed by atoms with E-state index in [4.69, 9.17) is 18.6 Å². The number of carbonyl (C=O) groups is 1. The van der Waals surface area contributed by atoms with E-state index in [1.165, 1.54) is 10.6 Å². The number of hydrazone groups is 1. The van der Waals surface area contributed by atoms with Crippen LogP contribution in [0.3, 0.4) is 0 Å². The van der Waals surface area contributed by atoms with E-state index in [0.29, 0.717) is 29.4 Å². The third-order valence-corrected chi connectivity index (χ3v) is 5.13. The van der Waals surface area contributed by atoms with Crippen molar-refractivity contribution in [2.45, 2.75) is 19.4 Å². The summed E-state index contributed by atoms with van der Waals surface area (Å²) in [6, 6.07) is 16.7. The zero-order chi connectivity index (χ0) is 20.5. The number of ether oxygens (including phenoxy) is 3. The lowest BCUT2D eigenvalue weighted by Gasteiger charge is -2.20. The zero-order valence-electron chi connectivity index (χ0n) is 16.4. The second kappa shape index (κ2) is 7.59. The first-order valence-electron chi connectivity index (χ1n) is 9.70. The standard InChI is InChI=1S/C23H20N2O5/c1-15-4-6-16(7-5-15)18-12-19(20-3-2-10-27-20)25(24-18)23(26)13-28-17-8-9-21-22(11-17)30-14-29-21/h2-11,19H,12-14H2,1H3/t19-/m0/s1. The van der Waals surface area contributed by atoms with Crippen molar-refractivity contribution >= 4 is 11.6 Å². The molecule has 1 aromatic heterocycles. The summed E-state index contributed by atoms with van der Waals surface area (Å²) in [6.45, 7) is 2.07. The summed E-state index contributed by atoms with van der Waals surface area (Å²) in [5.41, 5.74) is 3.00. The maximum atomic E-state index is 13.0. The molecule has 0 N–H and O–H groups in total. The van der Waals surface area contributed by atoms with Crippen LogP contribution in [0.25, 0.3) is 0 Å². The fourth-order valence-corrected chi connectivity index (χ4v) is 3.54. The number of benzene rings is 2. The van der Waals surface area contributed by atoms with Gasteiger partial charge in [-0.25, -0.2) is 5.01 Å². The van der Waals surface area contributed by atoms with Crippen LogP contribution >= 0.6 is 0 Å². The van der Waals surface area contributed by atoms with E-state index in [0.717, 1.165) is 11.3 Å². The molecule has 2 aliphatic rings. The molecule has 2 aliphatic heterocycles. The van der Waals surface area contributed by atoms with Crippen LogP contribution in [0.5, 0.6) is 17.2 Å². The van der Waals surface area contributed by atoms with Crippen molar-refractivity contribution in [2.24, 2.45) is 5.10 Å². The molecule has 0 radical (unpaired) electrons. The third kappa shape index (κ3) is 3.50. The van der Waals surface area contributed by atoms with Crippen LogP contribution in [0.1, 0.15) is 29.3 Å². The minimum Gasteiger partial charge on any atom is -0.484 e. The Hall–Kier alpha value is -3.74. The SMILES string of the molecule is Cc1ccc(C2=NN(C(=O)COc3ccc4c(c3)OCO4)[C@H](c3ccco3)C2)cc1. The normalized spacial score (nSPS) is 17.2. The molecule has 0 saturated heterocycles. The Bertz CT molecular complexity index is 1090. The number of hydrogen-bond donors (Lipinski definition) is 0. The molecule has 0 aliphatic carbocycles. The molecule has 0 unspecified atom stereocenters. The van der Waals surface area contributed by atoms with Gasteiger partial charge in [-0.15, -0.1) is 0 Å². The molecule has 7 nitrogen and oxygen atoms in total. The quantitative estimate of drug-likeness (QED) is 0.641. The summed E-state index contributed by atoms with van der Waals surface area (Å²) in [7, 11) is 0. The highest BCUT2D eigenvalue weighted by atomic mass is 16.7. The number of rotatable bonds is 5. The van der Waals surface area contributed by atoms with E-state index in [1.54, 1.807) is 24.5 Å². The lowest BCUT2D eigenvalue weighted by atomic mass is 10.0. The second-order valence-corrected chi connectivity index (χ2v) is 7.19. The predicted octanol–water partition coefficient (Wildman–Crippen LogP) is 4.07. The van der Waals surface area contributed by atoms with Gasteiger partial charge in [-0.05, 0) is 36.8 Å². The number of aryl methyl sites for hydroxylation is 1. The molecular formula is C23H20N2O5. The van der Waals surface area contributed by atoms with Gasteiger partial charge in [0.05, 0.1) is 12.0 Å². The summed E-state index contributed by atoms with van der Waals surface area (Å²) in [5, 5.41) is 6.07. The number of nitrogens with zero attached hydrogens (tertiary/aromatic N) is 2. The molecule has 152 valence electrons. The Kier molecular flexibility index (Phi) is 4.63. The van der Waals surface area contributed by atoms with Gasteiger partial charge in [0.1, 0.15) is 17.6 Å². The molecular weight excluding hydrogens is 384 g/mol. The minimum atomic E-state index is -0.302. The predicted molar refractivity (Wildman–Crippen MR) is 109 cm³/mol. The maximum Gasteiger partial charge on any atom is 0.281 e. The van der Waals surface area contributed by atoms with Crippen LogP contribution in [-0.2, 0) is 4.79 Å². The topological polar surface area (TPSA) is 73.5 Å². The minimum absolute atomic E-state index is 0.151. The Labute approximate surface area is 173 Å². The maximum absolute atomic E-state index is 13.0. The Morgan fingerprint density at radius 3 is 2.77 bits per heavy atom. The van der Waals surface area contributed by atoms with Crippen LogP contribution in [0.4, 0.5) is 0 Å². The fourth-order valence-electron chi connectivity index (χ4n) is 3.54. The summed E-state index contributed by atoms with van der Waals surface area (Å²) in [5.74, 6) is 2.24. The van der Waals surface area contributed by atoms with E-state index in [2.05, 4.69) is 5.10 Å². The lowest BCUT2D eigenvalue weighted by molar-refractivity contribution is -0.135. The molecule has 0 spiro atoms. The first-order valence-corrected chi connectivity index (χ1v) is 9.70. The summed E-state index contributed by atoms with van der Waals surface area (Å²) < 4.78 is 21.9. The monoisotopic (exact) mass is 404 g/mol. The van der Waals surface area contributed by atoms with Crippen LogP contribution in [0.15, 0.2) is 70.4 Å². The van der Waals surface area contributed by atoms with Crippen molar-refractivity contribution in [1.82, 2.24) is 5.01 Å². The first kappa shape index (κ1) is 18.3. The average molecular weight is 404 g/mol. The number of carbonyl (C=O) groups excluding carboxylic acids is 1. The highest BCUT2D eigenvalue weighted by molar-refractivity contribution is 6.03. The Balaban J connectivity index is 1.35. The Morgan fingerprint density at radius 1 is 1.13 bits per heavy atom. The van der Waals surface area contributed by atoms with Crippen molar-refractivity contribution in [3.8, 4) is 17.2 Å². The van der Waals surface area contributed by atoms with Gasteiger partial charge in [-0.3, -0.25) is 4.79 Å². The van der Waals surface area contributed by atoms with Crippen LogP contribution in [-0.4, -0.2) is 30.0 Å². The van der Waals surface area contributed by atoms with Gasteiger partial charge in [0.25, 0.3) is 5.91 Å². The van der Waals surface area contributed by atoms with Gasteiger partial charge in [0, 0.05) is 12.5 Å². The van der Waals surface area contributed by atoms with Gasteiger partial charge in [-0.1, -0.05) is 29.8 Å². The summed E-state index contributed by atoms with van der Waals surface area (Å²) in [4.78, 5) is 13.0. The highest BCUT2D eigenvalue weighted by Crippen LogP contribution is 2.36. The molecule has 0 bridgehead atoms.